The molecular formula is C5H10F2O. The number of Topliss-reactive ketones (excluding diaryl/α,β-unsaturated/α-hetero) is 1. The normalized spacial score (nSPS) is 7.00. The Kier molecular flexibility index (Phi) is 12.8. The lowest BCUT2D eigenvalue weighted by Crippen LogP contribution is -1.87. The van der Waals surface area contributed by atoms with E-state index in [1.54, 1.807) is 0 Å². The van der Waals surface area contributed by atoms with Crippen molar-refractivity contribution in [2.24, 2.45) is 0 Å². The highest BCUT2D eigenvalue weighted by molar-refractivity contribution is 5.76. The Morgan fingerprint density at radius 2 is 1.62 bits per heavy atom. The monoisotopic (exact) mass is 122 g/mol. The fourth-order valence-corrected chi connectivity index (χ4v) is 0. The smallest absolute Gasteiger partial charge is 0.160 e. The second kappa shape index (κ2) is 9.73. The van der Waals surface area contributed by atoms with E-state index < -0.39 is 12.5 Å². The van der Waals surface area contributed by atoms with Crippen LogP contribution in [0.2, 0.25) is 0 Å². The van der Waals surface area contributed by atoms with Crippen LogP contribution in [0.3, 0.4) is 0 Å². The number of carbonyl (C=O) groups is 1. The number of hydrogen-bond donors (Lipinski definition) is 0. The van der Waals surface area contributed by atoms with Crippen molar-refractivity contribution in [2.45, 2.75) is 13.8 Å². The standard InChI is InChI=1S/C3H5FO.C2H5F/c1-3(5)2-4;1-2-3/h2H2,1H3;2H2,1H3/i4-1;3-1. The zero-order valence-corrected chi connectivity index (χ0v) is 5.08. The fourth-order valence-electron chi connectivity index (χ4n) is 0. The molecule has 0 saturated carbocycles. The van der Waals surface area contributed by atoms with Crippen molar-refractivity contribution in [3.63, 3.8) is 0 Å². The van der Waals surface area contributed by atoms with Crippen LogP contribution in [-0.2, 0) is 4.79 Å². The Hall–Kier alpha value is -0.470. The molecule has 0 atom stereocenters. The third-order valence-corrected chi connectivity index (χ3v) is 0.188. The topological polar surface area (TPSA) is 17.1 Å². The number of hydrogen-bond acceptors (Lipinski definition) is 1. The third-order valence-electron chi connectivity index (χ3n) is 0.188. The molecule has 0 aliphatic heterocycles. The van der Waals surface area contributed by atoms with E-state index in [1.807, 2.05) is 0 Å². The van der Waals surface area contributed by atoms with Gasteiger partial charge in [-0.3, -0.25) is 9.18 Å². The van der Waals surface area contributed by atoms with E-state index in [1.165, 1.54) is 13.8 Å². The molecule has 0 fully saturated rings. The second-order valence-electron chi connectivity index (χ2n) is 1.10. The van der Waals surface area contributed by atoms with Gasteiger partial charge in [-0.25, -0.2) is 4.39 Å². The summed E-state index contributed by atoms with van der Waals surface area (Å²) in [5, 5.41) is 0. The molecule has 8 heavy (non-hydrogen) atoms. The molecule has 1 nitrogen and oxygen atoms in total. The van der Waals surface area contributed by atoms with Gasteiger partial charge in [0.15, 0.2) is 5.78 Å². The summed E-state index contributed by atoms with van der Waals surface area (Å²) in [7, 11) is 0. The summed E-state index contributed by atoms with van der Waals surface area (Å²) in [6.07, 6.45) is 0. The van der Waals surface area contributed by atoms with E-state index in [-0.39, 0.29) is 6.67 Å². The van der Waals surface area contributed by atoms with E-state index in [2.05, 4.69) is 0 Å². The molecule has 0 aliphatic carbocycles. The van der Waals surface area contributed by atoms with Crippen molar-refractivity contribution in [2.75, 3.05) is 13.3 Å². The molecule has 0 aromatic rings. The molecule has 0 spiro atoms. The average molecular weight is 122 g/mol. The van der Waals surface area contributed by atoms with Gasteiger partial charge in [-0.2, -0.15) is 0 Å². The lowest BCUT2D eigenvalue weighted by molar-refractivity contribution is -0.117. The van der Waals surface area contributed by atoms with Gasteiger partial charge < -0.3 is 0 Å². The van der Waals surface area contributed by atoms with Gasteiger partial charge in [0.1, 0.15) is 6.67 Å². The molecule has 0 heterocycles. The van der Waals surface area contributed by atoms with Gasteiger partial charge >= 0.3 is 0 Å². The molecule has 0 amide bonds. The van der Waals surface area contributed by atoms with Crippen molar-refractivity contribution in [3.05, 3.63) is 0 Å². The van der Waals surface area contributed by atoms with Crippen molar-refractivity contribution < 1.29 is 13.6 Å². The van der Waals surface area contributed by atoms with Crippen LogP contribution in [-0.4, -0.2) is 19.1 Å². The van der Waals surface area contributed by atoms with E-state index in [0.717, 1.165) is 0 Å². The number of ketones is 1. The summed E-state index contributed by atoms with van der Waals surface area (Å²) in [4.78, 5) is 9.44. The Bertz CT molecular complexity index is 54.4. The molecule has 0 bridgehead atoms. The summed E-state index contributed by atoms with van der Waals surface area (Å²) in [6, 6.07) is 0. The first-order chi connectivity index (χ1) is 3.68. The van der Waals surface area contributed by atoms with Crippen LogP contribution in [0.25, 0.3) is 0 Å². The quantitative estimate of drug-likeness (QED) is 0.515. The first-order valence-corrected chi connectivity index (χ1v) is 2.30. The minimum atomic E-state index is -0.833. The van der Waals surface area contributed by atoms with Crippen molar-refractivity contribution in [1.82, 2.24) is 0 Å². The third kappa shape index (κ3) is 48.5. The van der Waals surface area contributed by atoms with Gasteiger partial charge in [0, 0.05) is 0 Å². The number of carbonyl (C=O) groups excluding carboxylic acids is 1. The van der Waals surface area contributed by atoms with E-state index >= 15 is 0 Å². The maximum atomic E-state index is 10.8. The van der Waals surface area contributed by atoms with Gasteiger partial charge in [0.05, 0.1) is 6.67 Å². The van der Waals surface area contributed by atoms with Gasteiger partial charge in [-0.05, 0) is 13.8 Å². The highest BCUT2D eigenvalue weighted by Crippen LogP contribution is 1.64. The van der Waals surface area contributed by atoms with Crippen molar-refractivity contribution >= 4 is 5.78 Å². The minimum Gasteiger partial charge on any atom is -0.297 e. The Morgan fingerprint density at radius 3 is 1.62 bits per heavy atom. The fraction of sp³-hybridized carbons (Fsp3) is 0.800. The Morgan fingerprint density at radius 1 is 1.50 bits per heavy atom. The Labute approximate surface area is 47.7 Å². The average Bonchev–Trinajstić information content (AvgIpc) is 1.69. The predicted molar refractivity (Wildman–Crippen MR) is 28.3 cm³/mol. The maximum absolute atomic E-state index is 10.8. The number of halogens is 2. The zero-order chi connectivity index (χ0) is 6.99. The highest BCUT2D eigenvalue weighted by atomic mass is 18.2. The summed E-state index contributed by atoms with van der Waals surface area (Å²) >= 11 is 0. The Balaban J connectivity index is 0. The summed E-state index contributed by atoms with van der Waals surface area (Å²) in [6.45, 7) is 1.58. The number of alkyl halides is 2. The molecule has 0 rings (SSSR count). The van der Waals surface area contributed by atoms with Gasteiger partial charge in [0.25, 0.3) is 0 Å². The van der Waals surface area contributed by atoms with Gasteiger partial charge in [0.2, 0.25) is 0 Å². The first-order valence-electron chi connectivity index (χ1n) is 2.30. The lowest BCUT2D eigenvalue weighted by Gasteiger charge is -1.68. The maximum Gasteiger partial charge on any atom is 0.160 e. The van der Waals surface area contributed by atoms with Crippen LogP contribution in [0.4, 0.5) is 8.78 Å². The molecule has 0 radical (unpaired) electrons. The summed E-state index contributed by atoms with van der Waals surface area (Å²) in [5.74, 6) is -0.412. The van der Waals surface area contributed by atoms with Crippen LogP contribution >= 0.6 is 0 Å². The summed E-state index contributed by atoms with van der Waals surface area (Å²) < 4.78 is 21.1. The predicted octanol–water partition coefficient (Wildman–Crippen LogP) is 1.52. The molecule has 3 heteroatoms. The number of rotatable bonds is 1. The van der Waals surface area contributed by atoms with Crippen LogP contribution in [0.1, 0.15) is 13.8 Å². The summed E-state index contributed by atoms with van der Waals surface area (Å²) in [5.41, 5.74) is 0. The molecule has 0 aromatic carbocycles. The SMILES string of the molecule is CC(=O)C[18F].CC[18F]. The highest BCUT2D eigenvalue weighted by Gasteiger charge is 1.81. The largest absolute Gasteiger partial charge is 0.297 e. The van der Waals surface area contributed by atoms with Crippen molar-refractivity contribution in [1.29, 1.82) is 0 Å². The molecule has 50 valence electrons. The van der Waals surface area contributed by atoms with Gasteiger partial charge in [-0.1, -0.05) is 0 Å². The van der Waals surface area contributed by atoms with Crippen molar-refractivity contribution in [3.8, 4) is 0 Å². The molecule has 0 aromatic heterocycles. The molecule has 0 N–H and O–H groups in total. The van der Waals surface area contributed by atoms with E-state index in [0.29, 0.717) is 0 Å². The second-order valence-corrected chi connectivity index (χ2v) is 1.10. The van der Waals surface area contributed by atoms with Gasteiger partial charge in [-0.15, -0.1) is 0 Å². The van der Waals surface area contributed by atoms with Crippen LogP contribution in [0.5, 0.6) is 0 Å². The van der Waals surface area contributed by atoms with E-state index in [4.69, 9.17) is 0 Å². The molecule has 0 saturated heterocycles. The minimum absolute atomic E-state index is 0.250. The van der Waals surface area contributed by atoms with Crippen LogP contribution in [0.15, 0.2) is 0 Å². The van der Waals surface area contributed by atoms with Crippen LogP contribution < -0.4 is 0 Å². The first kappa shape index (κ1) is 10.5. The van der Waals surface area contributed by atoms with E-state index in [9.17, 15) is 13.6 Å². The molecular weight excluding hydrogens is 112 g/mol. The molecule has 0 aliphatic rings. The van der Waals surface area contributed by atoms with Crippen LogP contribution in [0, 0.1) is 0 Å². The molecule has 0 unspecified atom stereocenters. The lowest BCUT2D eigenvalue weighted by atomic mass is 10.5. The zero-order valence-electron chi connectivity index (χ0n) is 5.08.